The molecule has 9 nitrogen and oxygen atoms in total. The third-order valence-electron chi connectivity index (χ3n) is 3.38. The first kappa shape index (κ1) is 15.7. The van der Waals surface area contributed by atoms with Crippen molar-refractivity contribution in [3.63, 3.8) is 0 Å². The lowest BCUT2D eigenvalue weighted by atomic mass is 10.2. The number of rotatable bonds is 4. The largest absolute Gasteiger partial charge is 0.466 e. The van der Waals surface area contributed by atoms with E-state index in [1.807, 2.05) is 0 Å². The summed E-state index contributed by atoms with van der Waals surface area (Å²) in [7, 11) is 0. The average Bonchev–Trinajstić information content (AvgIpc) is 3.13. The average molecular weight is 329 g/mol. The van der Waals surface area contributed by atoms with Gasteiger partial charge in [0.15, 0.2) is 17.6 Å². The second-order valence-corrected chi connectivity index (χ2v) is 5.19. The monoisotopic (exact) mass is 329 g/mol. The summed E-state index contributed by atoms with van der Waals surface area (Å²) in [5, 5.41) is 2.59. The van der Waals surface area contributed by atoms with Crippen LogP contribution in [0.25, 0.3) is 11.2 Å². The van der Waals surface area contributed by atoms with Crippen molar-refractivity contribution < 1.29 is 18.7 Å². The number of H-pyrrole nitrogens is 1. The smallest absolute Gasteiger partial charge is 0.342 e. The highest BCUT2D eigenvalue weighted by atomic mass is 16.5. The highest BCUT2D eigenvalue weighted by Gasteiger charge is 2.23. The number of nitrogens with zero attached hydrogens (tertiary/aromatic N) is 3. The van der Waals surface area contributed by atoms with Crippen molar-refractivity contribution in [2.24, 2.45) is 0 Å². The van der Waals surface area contributed by atoms with E-state index in [1.165, 1.54) is 19.6 Å². The molecule has 0 aromatic carbocycles. The van der Waals surface area contributed by atoms with Crippen molar-refractivity contribution in [2.45, 2.75) is 26.9 Å². The molecule has 0 saturated heterocycles. The van der Waals surface area contributed by atoms with Crippen LogP contribution in [0.1, 0.15) is 28.8 Å². The molecule has 1 amide bonds. The Morgan fingerprint density at radius 1 is 1.29 bits per heavy atom. The zero-order chi connectivity index (χ0) is 17.3. The van der Waals surface area contributed by atoms with Gasteiger partial charge in [-0.1, -0.05) is 0 Å². The Morgan fingerprint density at radius 3 is 2.79 bits per heavy atom. The lowest BCUT2D eigenvalue weighted by Crippen LogP contribution is -2.30. The second-order valence-electron chi connectivity index (χ2n) is 5.19. The van der Waals surface area contributed by atoms with E-state index in [4.69, 9.17) is 9.15 Å². The number of aromatic amines is 1. The third-order valence-corrected chi connectivity index (χ3v) is 3.38. The van der Waals surface area contributed by atoms with Crippen LogP contribution >= 0.6 is 0 Å². The number of esters is 1. The van der Waals surface area contributed by atoms with Crippen LogP contribution in [0.15, 0.2) is 23.1 Å². The first-order valence-electron chi connectivity index (χ1n) is 7.18. The van der Waals surface area contributed by atoms with Gasteiger partial charge in [-0.2, -0.15) is 0 Å². The van der Waals surface area contributed by atoms with Gasteiger partial charge in [-0.3, -0.25) is 4.79 Å². The van der Waals surface area contributed by atoms with Crippen molar-refractivity contribution in [3.8, 4) is 0 Å². The molecule has 0 radical (unpaired) electrons. The predicted molar refractivity (Wildman–Crippen MR) is 83.4 cm³/mol. The van der Waals surface area contributed by atoms with Crippen molar-refractivity contribution in [1.82, 2.24) is 19.9 Å². The number of carbonyl (C=O) groups is 2. The molecule has 0 saturated carbocycles. The van der Waals surface area contributed by atoms with Crippen molar-refractivity contribution >= 4 is 28.9 Å². The molecule has 0 fully saturated rings. The van der Waals surface area contributed by atoms with Gasteiger partial charge in [-0.05, 0) is 26.8 Å². The molecule has 0 unspecified atom stereocenters. The van der Waals surface area contributed by atoms with Crippen molar-refractivity contribution in [2.75, 3.05) is 5.32 Å². The minimum Gasteiger partial charge on any atom is -0.466 e. The quantitative estimate of drug-likeness (QED) is 0.699. The SMILES string of the molecule is Cc1cc(C(=O)O[C@H](C)C(=O)Nc2ncnc3nc[nH]c23)c(C)o1. The summed E-state index contributed by atoms with van der Waals surface area (Å²) in [4.78, 5) is 39.1. The summed E-state index contributed by atoms with van der Waals surface area (Å²) >= 11 is 0. The number of fused-ring (bicyclic) bond motifs is 1. The number of aromatic nitrogens is 4. The van der Waals surface area contributed by atoms with Crippen molar-refractivity contribution in [3.05, 3.63) is 35.8 Å². The molecule has 0 aliphatic heterocycles. The van der Waals surface area contributed by atoms with Gasteiger partial charge < -0.3 is 19.5 Å². The topological polar surface area (TPSA) is 123 Å². The molecule has 1 atom stereocenters. The van der Waals surface area contributed by atoms with E-state index in [1.54, 1.807) is 19.9 Å². The third kappa shape index (κ3) is 2.96. The molecule has 3 aromatic heterocycles. The van der Waals surface area contributed by atoms with Crippen LogP contribution in [0.3, 0.4) is 0 Å². The Balaban J connectivity index is 1.70. The Kier molecular flexibility index (Phi) is 3.98. The molecule has 0 spiro atoms. The second kappa shape index (κ2) is 6.11. The summed E-state index contributed by atoms with van der Waals surface area (Å²) in [5.41, 5.74) is 1.21. The van der Waals surface area contributed by atoms with Crippen LogP contribution in [0.5, 0.6) is 0 Å². The number of aryl methyl sites for hydroxylation is 2. The van der Waals surface area contributed by atoms with Gasteiger partial charge in [0.25, 0.3) is 5.91 Å². The molecule has 3 aromatic rings. The van der Waals surface area contributed by atoms with Gasteiger partial charge >= 0.3 is 5.97 Å². The molecule has 2 N–H and O–H groups in total. The van der Waals surface area contributed by atoms with Gasteiger partial charge in [0.1, 0.15) is 28.9 Å². The van der Waals surface area contributed by atoms with Gasteiger partial charge in [0.2, 0.25) is 0 Å². The van der Waals surface area contributed by atoms with Crippen LogP contribution in [0.2, 0.25) is 0 Å². The van der Waals surface area contributed by atoms with E-state index >= 15 is 0 Å². The number of anilines is 1. The summed E-state index contributed by atoms with van der Waals surface area (Å²) in [6.07, 6.45) is 1.72. The maximum atomic E-state index is 12.2. The Hall–Kier alpha value is -3.23. The number of hydrogen-bond donors (Lipinski definition) is 2. The van der Waals surface area contributed by atoms with Crippen LogP contribution in [-0.2, 0) is 9.53 Å². The van der Waals surface area contributed by atoms with E-state index in [2.05, 4.69) is 25.3 Å². The number of nitrogens with one attached hydrogen (secondary N) is 2. The molecule has 124 valence electrons. The van der Waals surface area contributed by atoms with Gasteiger partial charge in [-0.15, -0.1) is 0 Å². The van der Waals surface area contributed by atoms with E-state index in [0.29, 0.717) is 28.2 Å². The van der Waals surface area contributed by atoms with Gasteiger partial charge in [-0.25, -0.2) is 19.7 Å². The fourth-order valence-corrected chi connectivity index (χ4v) is 2.19. The molecule has 0 aliphatic rings. The first-order valence-corrected chi connectivity index (χ1v) is 7.18. The zero-order valence-electron chi connectivity index (χ0n) is 13.3. The van der Waals surface area contributed by atoms with E-state index in [-0.39, 0.29) is 5.82 Å². The molecule has 24 heavy (non-hydrogen) atoms. The molecule has 0 bridgehead atoms. The summed E-state index contributed by atoms with van der Waals surface area (Å²) in [6, 6.07) is 1.57. The van der Waals surface area contributed by atoms with Crippen LogP contribution in [0, 0.1) is 13.8 Å². The molecule has 0 aliphatic carbocycles. The van der Waals surface area contributed by atoms with E-state index in [9.17, 15) is 9.59 Å². The lowest BCUT2D eigenvalue weighted by Gasteiger charge is -2.12. The van der Waals surface area contributed by atoms with Crippen LogP contribution < -0.4 is 5.32 Å². The summed E-state index contributed by atoms with van der Waals surface area (Å²) in [5.74, 6) is 0.164. The van der Waals surface area contributed by atoms with E-state index in [0.717, 1.165) is 0 Å². The molecule has 3 heterocycles. The van der Waals surface area contributed by atoms with Crippen molar-refractivity contribution in [1.29, 1.82) is 0 Å². The number of hydrogen-bond acceptors (Lipinski definition) is 7. The fourth-order valence-electron chi connectivity index (χ4n) is 2.19. The summed E-state index contributed by atoms with van der Waals surface area (Å²) < 4.78 is 10.5. The number of furan rings is 1. The normalized spacial score (nSPS) is 12.1. The fraction of sp³-hybridized carbons (Fsp3) is 0.267. The number of carbonyl (C=O) groups excluding carboxylic acids is 2. The van der Waals surface area contributed by atoms with E-state index < -0.39 is 18.0 Å². The summed E-state index contributed by atoms with van der Waals surface area (Å²) in [6.45, 7) is 4.86. The first-order chi connectivity index (χ1) is 11.5. The minimum absolute atomic E-state index is 0.265. The molecule has 3 rings (SSSR count). The maximum absolute atomic E-state index is 12.2. The lowest BCUT2D eigenvalue weighted by molar-refractivity contribution is -0.123. The Bertz CT molecular complexity index is 914. The van der Waals surface area contributed by atoms with Crippen LogP contribution in [-0.4, -0.2) is 37.9 Å². The maximum Gasteiger partial charge on any atom is 0.342 e. The number of amides is 1. The molecule has 9 heteroatoms. The van der Waals surface area contributed by atoms with Gasteiger partial charge in [0.05, 0.1) is 6.33 Å². The van der Waals surface area contributed by atoms with Crippen LogP contribution in [0.4, 0.5) is 5.82 Å². The Morgan fingerprint density at radius 2 is 2.08 bits per heavy atom. The molecular formula is C15H15N5O4. The van der Waals surface area contributed by atoms with Gasteiger partial charge in [0, 0.05) is 0 Å². The predicted octanol–water partition coefficient (Wildman–Crippen LogP) is 1.75. The number of imidazole rings is 1. The highest BCUT2D eigenvalue weighted by molar-refractivity contribution is 6.00. The molecular weight excluding hydrogens is 314 g/mol. The highest BCUT2D eigenvalue weighted by Crippen LogP contribution is 2.17. The standard InChI is InChI=1S/C15H15N5O4/c1-7-4-10(8(2)23-7)15(22)24-9(3)14(21)20-13-11-12(17-5-16-11)18-6-19-13/h4-6,9H,1-3H3,(H2,16,17,18,19,20,21)/t9-/m1/s1. The Labute approximate surface area is 136 Å². The zero-order valence-corrected chi connectivity index (χ0v) is 13.3. The number of ether oxygens (including phenoxy) is 1. The minimum atomic E-state index is -1.01.